The molecule has 0 unspecified atom stereocenters. The average molecular weight is 379 g/mol. The summed E-state index contributed by atoms with van der Waals surface area (Å²) in [5.74, 6) is 0.854. The molecule has 0 saturated carbocycles. The van der Waals surface area contributed by atoms with Gasteiger partial charge in [0, 0.05) is 5.56 Å². The first-order valence-corrected chi connectivity index (χ1v) is 7.38. The van der Waals surface area contributed by atoms with Crippen LogP contribution < -0.4 is 14.9 Å². The van der Waals surface area contributed by atoms with Crippen molar-refractivity contribution in [3.63, 3.8) is 0 Å². The van der Waals surface area contributed by atoms with E-state index in [1.807, 2.05) is 0 Å². The van der Waals surface area contributed by atoms with Gasteiger partial charge in [0.15, 0.2) is 11.5 Å². The fourth-order valence-corrected chi connectivity index (χ4v) is 2.48. The van der Waals surface area contributed by atoms with Crippen LogP contribution in [0.1, 0.15) is 15.9 Å². The Bertz CT molecular complexity index is 730. The maximum Gasteiger partial charge on any atom is 0.271 e. The van der Waals surface area contributed by atoms with Crippen molar-refractivity contribution < 1.29 is 19.4 Å². The van der Waals surface area contributed by atoms with Crippen LogP contribution in [-0.4, -0.2) is 31.4 Å². The third-order valence-electron chi connectivity index (χ3n) is 2.97. The van der Waals surface area contributed by atoms with Crippen molar-refractivity contribution in [2.24, 2.45) is 5.10 Å². The van der Waals surface area contributed by atoms with Gasteiger partial charge in [-0.25, -0.2) is 5.43 Å². The molecule has 2 rings (SSSR count). The van der Waals surface area contributed by atoms with Gasteiger partial charge in [0.25, 0.3) is 5.91 Å². The zero-order chi connectivity index (χ0) is 16.8. The Balaban J connectivity index is 2.10. The second-order valence-electron chi connectivity index (χ2n) is 4.48. The largest absolute Gasteiger partial charge is 0.508 e. The Kier molecular flexibility index (Phi) is 5.59. The van der Waals surface area contributed by atoms with Crippen molar-refractivity contribution in [2.45, 2.75) is 0 Å². The lowest BCUT2D eigenvalue weighted by molar-refractivity contribution is 0.0955. The summed E-state index contributed by atoms with van der Waals surface area (Å²) in [6.45, 7) is 0. The molecule has 0 heterocycles. The van der Waals surface area contributed by atoms with Crippen molar-refractivity contribution in [2.75, 3.05) is 14.2 Å². The van der Waals surface area contributed by atoms with Gasteiger partial charge in [0.2, 0.25) is 0 Å². The third kappa shape index (κ3) is 4.23. The van der Waals surface area contributed by atoms with Crippen LogP contribution in [0.4, 0.5) is 0 Å². The molecule has 6 nitrogen and oxygen atoms in total. The van der Waals surface area contributed by atoms with E-state index in [1.54, 1.807) is 19.2 Å². The van der Waals surface area contributed by atoms with Crippen LogP contribution in [0.2, 0.25) is 0 Å². The minimum atomic E-state index is -0.374. The summed E-state index contributed by atoms with van der Waals surface area (Å²) in [5.41, 5.74) is 3.53. The second kappa shape index (κ2) is 7.64. The Morgan fingerprint density at radius 3 is 2.52 bits per heavy atom. The Labute approximate surface area is 141 Å². The molecule has 0 aliphatic rings. The number of ether oxygens (including phenoxy) is 2. The van der Waals surface area contributed by atoms with E-state index in [9.17, 15) is 9.90 Å². The second-order valence-corrected chi connectivity index (χ2v) is 5.34. The Morgan fingerprint density at radius 2 is 1.91 bits per heavy atom. The number of carbonyl (C=O) groups is 1. The summed E-state index contributed by atoms with van der Waals surface area (Å²) in [6.07, 6.45) is 1.49. The van der Waals surface area contributed by atoms with Crippen LogP contribution in [0, 0.1) is 0 Å². The molecule has 2 aromatic carbocycles. The van der Waals surface area contributed by atoms with Crippen LogP contribution in [0.15, 0.2) is 46.0 Å². The highest BCUT2D eigenvalue weighted by Crippen LogP contribution is 2.35. The lowest BCUT2D eigenvalue weighted by Gasteiger charge is -2.10. The van der Waals surface area contributed by atoms with Gasteiger partial charge in [-0.3, -0.25) is 4.79 Å². The fourth-order valence-electron chi connectivity index (χ4n) is 1.86. The number of hydrogen-bond acceptors (Lipinski definition) is 5. The number of phenolic OH excluding ortho intramolecular Hbond substituents is 1. The number of hydrogen-bond donors (Lipinski definition) is 2. The lowest BCUT2D eigenvalue weighted by atomic mass is 10.2. The van der Waals surface area contributed by atoms with E-state index in [0.29, 0.717) is 21.5 Å². The number of amides is 1. The smallest absolute Gasteiger partial charge is 0.271 e. The van der Waals surface area contributed by atoms with Crippen molar-refractivity contribution in [1.82, 2.24) is 5.43 Å². The number of rotatable bonds is 5. The first-order valence-electron chi connectivity index (χ1n) is 6.59. The first-order chi connectivity index (χ1) is 11.0. The van der Waals surface area contributed by atoms with Crippen LogP contribution in [-0.2, 0) is 0 Å². The number of carbonyl (C=O) groups excluding carboxylic acids is 1. The maximum atomic E-state index is 11.9. The number of halogens is 1. The third-order valence-corrected chi connectivity index (χ3v) is 3.55. The predicted molar refractivity (Wildman–Crippen MR) is 90.4 cm³/mol. The SMILES string of the molecule is COc1cc(C=NNC(=O)c2ccc(O)cc2)cc(Br)c1OC. The quantitative estimate of drug-likeness (QED) is 0.619. The Hall–Kier alpha value is -2.54. The summed E-state index contributed by atoms with van der Waals surface area (Å²) in [7, 11) is 3.09. The highest BCUT2D eigenvalue weighted by molar-refractivity contribution is 9.10. The van der Waals surface area contributed by atoms with Crippen LogP contribution >= 0.6 is 15.9 Å². The summed E-state index contributed by atoms with van der Waals surface area (Å²) in [5, 5.41) is 13.1. The van der Waals surface area contributed by atoms with Crippen molar-refractivity contribution in [1.29, 1.82) is 0 Å². The van der Waals surface area contributed by atoms with Crippen LogP contribution in [0.5, 0.6) is 17.2 Å². The van der Waals surface area contributed by atoms with Crippen molar-refractivity contribution in [3.8, 4) is 17.2 Å². The molecule has 0 aliphatic heterocycles. The number of methoxy groups -OCH3 is 2. The molecule has 0 aliphatic carbocycles. The Morgan fingerprint density at radius 1 is 1.22 bits per heavy atom. The van der Waals surface area contributed by atoms with Gasteiger partial charge >= 0.3 is 0 Å². The molecule has 7 heteroatoms. The van der Waals surface area contributed by atoms with E-state index >= 15 is 0 Å². The molecule has 1 amide bonds. The molecule has 120 valence electrons. The van der Waals surface area contributed by atoms with E-state index in [0.717, 1.165) is 5.56 Å². The van der Waals surface area contributed by atoms with Crippen LogP contribution in [0.25, 0.3) is 0 Å². The topological polar surface area (TPSA) is 80.2 Å². The van der Waals surface area contributed by atoms with E-state index in [-0.39, 0.29) is 11.7 Å². The molecule has 0 saturated heterocycles. The summed E-state index contributed by atoms with van der Waals surface area (Å²) < 4.78 is 11.2. The van der Waals surface area contributed by atoms with Gasteiger partial charge in [0.1, 0.15) is 5.75 Å². The summed E-state index contributed by atoms with van der Waals surface area (Å²) in [4.78, 5) is 11.9. The van der Waals surface area contributed by atoms with Crippen molar-refractivity contribution >= 4 is 28.1 Å². The van der Waals surface area contributed by atoms with E-state index < -0.39 is 0 Å². The average Bonchev–Trinajstić information content (AvgIpc) is 2.54. The molecule has 0 fully saturated rings. The first kappa shape index (κ1) is 16.8. The molecule has 0 atom stereocenters. The number of hydrazone groups is 1. The normalized spacial score (nSPS) is 10.6. The molecule has 0 radical (unpaired) electrons. The molecule has 0 bridgehead atoms. The van der Waals surface area contributed by atoms with Crippen molar-refractivity contribution in [3.05, 3.63) is 52.0 Å². The van der Waals surface area contributed by atoms with Gasteiger partial charge in [-0.05, 0) is 57.9 Å². The molecule has 2 aromatic rings. The monoisotopic (exact) mass is 378 g/mol. The van der Waals surface area contributed by atoms with Gasteiger partial charge in [-0.2, -0.15) is 5.10 Å². The van der Waals surface area contributed by atoms with Crippen LogP contribution in [0.3, 0.4) is 0 Å². The number of nitrogens with zero attached hydrogens (tertiary/aromatic N) is 1. The number of nitrogens with one attached hydrogen (secondary N) is 1. The van der Waals surface area contributed by atoms with Gasteiger partial charge in [-0.15, -0.1) is 0 Å². The standard InChI is InChI=1S/C16H15BrN2O4/c1-22-14-8-10(7-13(17)15(14)23-2)9-18-19-16(21)11-3-5-12(20)6-4-11/h3-9,20H,1-2H3,(H,19,21). The van der Waals surface area contributed by atoms with Gasteiger partial charge in [0.05, 0.1) is 24.9 Å². The zero-order valence-corrected chi connectivity index (χ0v) is 14.1. The zero-order valence-electron chi connectivity index (χ0n) is 12.5. The van der Waals surface area contributed by atoms with E-state index in [2.05, 4.69) is 26.5 Å². The lowest BCUT2D eigenvalue weighted by Crippen LogP contribution is -2.17. The molecule has 0 aromatic heterocycles. The summed E-state index contributed by atoms with van der Waals surface area (Å²) in [6, 6.07) is 9.41. The van der Waals surface area contributed by atoms with Gasteiger partial charge in [-0.1, -0.05) is 0 Å². The highest BCUT2D eigenvalue weighted by Gasteiger charge is 2.09. The van der Waals surface area contributed by atoms with E-state index in [1.165, 1.54) is 37.6 Å². The molecule has 0 spiro atoms. The molecule has 23 heavy (non-hydrogen) atoms. The fraction of sp³-hybridized carbons (Fsp3) is 0.125. The number of benzene rings is 2. The predicted octanol–water partition coefficient (Wildman–Crippen LogP) is 2.94. The van der Waals surface area contributed by atoms with Gasteiger partial charge < -0.3 is 14.6 Å². The molecular weight excluding hydrogens is 364 g/mol. The highest BCUT2D eigenvalue weighted by atomic mass is 79.9. The van der Waals surface area contributed by atoms with E-state index in [4.69, 9.17) is 9.47 Å². The summed E-state index contributed by atoms with van der Waals surface area (Å²) >= 11 is 3.39. The number of aromatic hydroxyl groups is 1. The molecule has 2 N–H and O–H groups in total. The maximum absolute atomic E-state index is 11.9. The minimum absolute atomic E-state index is 0.0974. The minimum Gasteiger partial charge on any atom is -0.508 e. The molecular formula is C16H15BrN2O4. The number of phenols is 1.